The Balaban J connectivity index is 2.49. The van der Waals surface area contributed by atoms with E-state index >= 15 is 0 Å². The summed E-state index contributed by atoms with van der Waals surface area (Å²) in [5, 5.41) is 12.4. The summed E-state index contributed by atoms with van der Waals surface area (Å²) >= 11 is 1.87. The van der Waals surface area contributed by atoms with Crippen molar-refractivity contribution in [1.82, 2.24) is 9.97 Å². The summed E-state index contributed by atoms with van der Waals surface area (Å²) in [6.07, 6.45) is 8.35. The number of nitrogens with zero attached hydrogens (tertiary/aromatic N) is 2. The van der Waals surface area contributed by atoms with Crippen molar-refractivity contribution in [3.8, 4) is 0 Å². The summed E-state index contributed by atoms with van der Waals surface area (Å²) in [6.45, 7) is 4.65. The second-order valence-electron chi connectivity index (χ2n) is 5.28. The molecule has 1 rings (SSSR count). The van der Waals surface area contributed by atoms with Crippen molar-refractivity contribution in [3.05, 3.63) is 17.7 Å². The highest BCUT2D eigenvalue weighted by atomic mass is 32.2. The van der Waals surface area contributed by atoms with Crippen LogP contribution in [-0.4, -0.2) is 39.6 Å². The zero-order valence-corrected chi connectivity index (χ0v) is 13.9. The molecule has 1 heterocycles. The molecule has 21 heavy (non-hydrogen) atoms. The Kier molecular flexibility index (Phi) is 8.12. The van der Waals surface area contributed by atoms with Gasteiger partial charge in [0.2, 0.25) is 0 Å². The predicted molar refractivity (Wildman–Crippen MR) is 88.4 cm³/mol. The van der Waals surface area contributed by atoms with E-state index in [1.54, 1.807) is 6.20 Å². The van der Waals surface area contributed by atoms with Crippen molar-refractivity contribution >= 4 is 23.4 Å². The SMILES string of the molecule is CSCCCCCCNc1cnc(C(C)C)nc1C(=O)O. The van der Waals surface area contributed by atoms with Crippen LogP contribution >= 0.6 is 11.8 Å². The Morgan fingerprint density at radius 3 is 2.67 bits per heavy atom. The molecule has 0 amide bonds. The number of hydrogen-bond donors (Lipinski definition) is 2. The lowest BCUT2D eigenvalue weighted by molar-refractivity contribution is 0.0691. The number of rotatable bonds is 10. The van der Waals surface area contributed by atoms with Gasteiger partial charge in [0, 0.05) is 12.5 Å². The van der Waals surface area contributed by atoms with Gasteiger partial charge in [0.1, 0.15) is 5.82 Å². The van der Waals surface area contributed by atoms with Gasteiger partial charge in [0.15, 0.2) is 5.69 Å². The van der Waals surface area contributed by atoms with E-state index in [4.69, 9.17) is 0 Å². The second-order valence-corrected chi connectivity index (χ2v) is 6.27. The summed E-state index contributed by atoms with van der Waals surface area (Å²) in [5.41, 5.74) is 0.576. The Bertz CT molecular complexity index is 453. The van der Waals surface area contributed by atoms with Crippen LogP contribution in [0, 0.1) is 0 Å². The van der Waals surface area contributed by atoms with Gasteiger partial charge in [-0.3, -0.25) is 0 Å². The Morgan fingerprint density at radius 1 is 1.33 bits per heavy atom. The highest BCUT2D eigenvalue weighted by Crippen LogP contribution is 2.16. The second kappa shape index (κ2) is 9.60. The largest absolute Gasteiger partial charge is 0.476 e. The minimum Gasteiger partial charge on any atom is -0.476 e. The first-order valence-corrected chi connectivity index (χ1v) is 8.78. The maximum Gasteiger partial charge on any atom is 0.356 e. The van der Waals surface area contributed by atoms with Crippen LogP contribution in [0.25, 0.3) is 0 Å². The third-order valence-corrected chi connectivity index (χ3v) is 3.81. The topological polar surface area (TPSA) is 75.1 Å². The van der Waals surface area contributed by atoms with E-state index in [2.05, 4.69) is 21.5 Å². The fourth-order valence-electron chi connectivity index (χ4n) is 1.91. The van der Waals surface area contributed by atoms with Gasteiger partial charge in [0.25, 0.3) is 0 Å². The van der Waals surface area contributed by atoms with Gasteiger partial charge in [-0.15, -0.1) is 0 Å². The highest BCUT2D eigenvalue weighted by Gasteiger charge is 2.15. The van der Waals surface area contributed by atoms with Crippen molar-refractivity contribution in [2.24, 2.45) is 0 Å². The van der Waals surface area contributed by atoms with Crippen LogP contribution in [0.1, 0.15) is 61.8 Å². The smallest absolute Gasteiger partial charge is 0.356 e. The molecule has 118 valence electrons. The first-order chi connectivity index (χ1) is 10.1. The minimum absolute atomic E-state index is 0.0658. The van der Waals surface area contributed by atoms with Crippen LogP contribution < -0.4 is 5.32 Å². The maximum atomic E-state index is 11.3. The Labute approximate surface area is 131 Å². The number of thioether (sulfide) groups is 1. The molecule has 0 aliphatic carbocycles. The number of anilines is 1. The van der Waals surface area contributed by atoms with Gasteiger partial charge < -0.3 is 10.4 Å². The number of carboxylic acid groups (broad SMARTS) is 1. The van der Waals surface area contributed by atoms with Gasteiger partial charge in [-0.25, -0.2) is 14.8 Å². The molecule has 0 saturated heterocycles. The number of hydrogen-bond acceptors (Lipinski definition) is 5. The molecule has 1 aromatic heterocycles. The molecular formula is C15H25N3O2S. The van der Waals surface area contributed by atoms with E-state index in [0.717, 1.165) is 19.4 Å². The van der Waals surface area contributed by atoms with Crippen molar-refractivity contribution in [2.75, 3.05) is 23.9 Å². The molecule has 2 N–H and O–H groups in total. The number of aromatic nitrogens is 2. The van der Waals surface area contributed by atoms with E-state index in [9.17, 15) is 9.90 Å². The van der Waals surface area contributed by atoms with Crippen LogP contribution in [0.5, 0.6) is 0 Å². The lowest BCUT2D eigenvalue weighted by Crippen LogP contribution is -2.13. The van der Waals surface area contributed by atoms with Crippen molar-refractivity contribution in [3.63, 3.8) is 0 Å². The van der Waals surface area contributed by atoms with Crippen LogP contribution in [0.2, 0.25) is 0 Å². The van der Waals surface area contributed by atoms with Crippen molar-refractivity contribution < 1.29 is 9.90 Å². The number of carbonyl (C=O) groups is 1. The normalized spacial score (nSPS) is 10.9. The number of aromatic carboxylic acids is 1. The van der Waals surface area contributed by atoms with Crippen LogP contribution in [0.4, 0.5) is 5.69 Å². The minimum atomic E-state index is -1.01. The van der Waals surface area contributed by atoms with E-state index < -0.39 is 5.97 Å². The Hall–Kier alpha value is -1.30. The van der Waals surface area contributed by atoms with E-state index in [1.807, 2.05) is 25.6 Å². The third kappa shape index (κ3) is 6.33. The van der Waals surface area contributed by atoms with E-state index in [0.29, 0.717) is 11.5 Å². The van der Waals surface area contributed by atoms with Crippen molar-refractivity contribution in [1.29, 1.82) is 0 Å². The zero-order chi connectivity index (χ0) is 15.7. The molecule has 0 aromatic carbocycles. The molecule has 0 fully saturated rings. The summed E-state index contributed by atoms with van der Waals surface area (Å²) < 4.78 is 0. The Morgan fingerprint density at radius 2 is 2.05 bits per heavy atom. The third-order valence-electron chi connectivity index (χ3n) is 3.12. The molecule has 0 radical (unpaired) electrons. The molecule has 0 aliphatic heterocycles. The van der Waals surface area contributed by atoms with Crippen LogP contribution in [-0.2, 0) is 0 Å². The number of nitrogens with one attached hydrogen (secondary N) is 1. The van der Waals surface area contributed by atoms with Crippen LogP contribution in [0.3, 0.4) is 0 Å². The zero-order valence-electron chi connectivity index (χ0n) is 13.1. The monoisotopic (exact) mass is 311 g/mol. The lowest BCUT2D eigenvalue weighted by atomic mass is 10.2. The molecule has 0 bridgehead atoms. The summed E-state index contributed by atoms with van der Waals surface area (Å²) in [7, 11) is 0. The summed E-state index contributed by atoms with van der Waals surface area (Å²) in [5.74, 6) is 0.881. The standard InChI is InChI=1S/C15H25N3O2S/c1-11(2)14-17-10-12(13(18-14)15(19)20)16-8-6-4-5-7-9-21-3/h10-11,16H,4-9H2,1-3H3,(H,19,20). The molecule has 1 aromatic rings. The van der Waals surface area contributed by atoms with Gasteiger partial charge >= 0.3 is 5.97 Å². The van der Waals surface area contributed by atoms with Gasteiger partial charge in [-0.1, -0.05) is 26.7 Å². The fourth-order valence-corrected chi connectivity index (χ4v) is 2.41. The molecule has 0 aliphatic rings. The summed E-state index contributed by atoms with van der Waals surface area (Å²) in [4.78, 5) is 19.6. The van der Waals surface area contributed by atoms with Gasteiger partial charge in [0.05, 0.1) is 11.9 Å². The number of carboxylic acids is 1. The quantitative estimate of drug-likeness (QED) is 0.643. The fraction of sp³-hybridized carbons (Fsp3) is 0.667. The van der Waals surface area contributed by atoms with Crippen LogP contribution in [0.15, 0.2) is 6.20 Å². The van der Waals surface area contributed by atoms with E-state index in [1.165, 1.54) is 18.6 Å². The molecule has 6 heteroatoms. The molecule has 0 spiro atoms. The highest BCUT2D eigenvalue weighted by molar-refractivity contribution is 7.98. The maximum absolute atomic E-state index is 11.3. The predicted octanol–water partition coefficient (Wildman–Crippen LogP) is 3.63. The molecule has 0 saturated carbocycles. The van der Waals surface area contributed by atoms with E-state index in [-0.39, 0.29) is 11.6 Å². The average molecular weight is 311 g/mol. The van der Waals surface area contributed by atoms with Gasteiger partial charge in [-0.2, -0.15) is 11.8 Å². The molecule has 0 unspecified atom stereocenters. The number of unbranched alkanes of at least 4 members (excludes halogenated alkanes) is 3. The molecule has 5 nitrogen and oxygen atoms in total. The first kappa shape index (κ1) is 17.8. The summed E-state index contributed by atoms with van der Waals surface area (Å²) in [6, 6.07) is 0. The average Bonchev–Trinajstić information content (AvgIpc) is 2.46. The first-order valence-electron chi connectivity index (χ1n) is 7.39. The van der Waals surface area contributed by atoms with Gasteiger partial charge in [-0.05, 0) is 24.9 Å². The molecule has 0 atom stereocenters. The lowest BCUT2D eigenvalue weighted by Gasteiger charge is -2.11. The van der Waals surface area contributed by atoms with Crippen molar-refractivity contribution in [2.45, 2.75) is 45.4 Å². The molecular weight excluding hydrogens is 286 g/mol.